The fourth-order valence-electron chi connectivity index (χ4n) is 2.79. The van der Waals surface area contributed by atoms with Crippen molar-refractivity contribution in [3.63, 3.8) is 0 Å². The number of carbonyl (C=O) groups is 1. The molecule has 3 atom stereocenters. The molecule has 5 nitrogen and oxygen atoms in total. The summed E-state index contributed by atoms with van der Waals surface area (Å²) in [5.41, 5.74) is 11.4. The van der Waals surface area contributed by atoms with E-state index >= 15 is 0 Å². The summed E-state index contributed by atoms with van der Waals surface area (Å²) in [4.78, 5) is 16.5. The van der Waals surface area contributed by atoms with Crippen LogP contribution in [-0.4, -0.2) is 23.0 Å². The first-order valence-electron chi connectivity index (χ1n) is 7.27. The zero-order chi connectivity index (χ0) is 14.3. The number of nitrogens with zero attached hydrogens (tertiary/aromatic N) is 1. The number of rotatable bonds is 4. The third kappa shape index (κ3) is 2.81. The van der Waals surface area contributed by atoms with E-state index in [0.29, 0.717) is 22.6 Å². The quantitative estimate of drug-likeness (QED) is 0.889. The maximum atomic E-state index is 11.5. The predicted octanol–water partition coefficient (Wildman–Crippen LogP) is 2.01. The van der Waals surface area contributed by atoms with Crippen molar-refractivity contribution in [2.24, 2.45) is 17.4 Å². The summed E-state index contributed by atoms with van der Waals surface area (Å²) in [5, 5.41) is 0.994. The summed E-state index contributed by atoms with van der Waals surface area (Å²) in [6.45, 7) is 2.14. The maximum Gasteiger partial charge on any atom is 0.264 e. The zero-order valence-electron chi connectivity index (χ0n) is 11.7. The molecule has 0 unspecified atom stereocenters. The van der Waals surface area contributed by atoms with E-state index in [9.17, 15) is 4.79 Å². The lowest BCUT2D eigenvalue weighted by molar-refractivity contribution is 0.0864. The normalized spacial score (nSPS) is 30.2. The van der Waals surface area contributed by atoms with Crippen molar-refractivity contribution < 1.29 is 9.53 Å². The van der Waals surface area contributed by atoms with Gasteiger partial charge in [0.15, 0.2) is 4.88 Å². The van der Waals surface area contributed by atoms with Crippen LogP contribution in [0.2, 0.25) is 0 Å². The van der Waals surface area contributed by atoms with Crippen LogP contribution >= 0.6 is 11.3 Å². The first kappa shape index (κ1) is 13.8. The third-order valence-corrected chi connectivity index (χ3v) is 5.37. The molecule has 3 rings (SSSR count). The molecule has 1 heterocycles. The Kier molecular flexibility index (Phi) is 3.69. The van der Waals surface area contributed by atoms with Crippen molar-refractivity contribution in [3.8, 4) is 5.88 Å². The molecule has 1 amide bonds. The van der Waals surface area contributed by atoms with Crippen LogP contribution in [0.15, 0.2) is 0 Å². The van der Waals surface area contributed by atoms with Crippen molar-refractivity contribution in [3.05, 3.63) is 9.88 Å². The number of carbonyl (C=O) groups excluding carboxylic acids is 1. The minimum atomic E-state index is -0.440. The number of aromatic nitrogens is 1. The Hall–Kier alpha value is -1.14. The highest BCUT2D eigenvalue weighted by molar-refractivity contribution is 7.14. The summed E-state index contributed by atoms with van der Waals surface area (Å²) >= 11 is 1.39. The molecule has 6 heteroatoms. The smallest absolute Gasteiger partial charge is 0.264 e. The standard InChI is InChI=1S/C14H21N3O2S/c1-7-6-9(15)4-5-10(7)19-13-11(12(16)18)20-14(17-13)8-2-3-8/h7-10H,2-6,15H2,1H3,(H2,16,18)/t7-,9-,10-/m0/s1. The average Bonchev–Trinajstić information content (AvgIpc) is 3.14. The van der Waals surface area contributed by atoms with Crippen LogP contribution in [0, 0.1) is 5.92 Å². The van der Waals surface area contributed by atoms with Gasteiger partial charge < -0.3 is 16.2 Å². The van der Waals surface area contributed by atoms with E-state index in [-0.39, 0.29) is 12.1 Å². The van der Waals surface area contributed by atoms with E-state index in [4.69, 9.17) is 16.2 Å². The summed E-state index contributed by atoms with van der Waals surface area (Å²) in [7, 11) is 0. The second-order valence-electron chi connectivity index (χ2n) is 6.03. The minimum Gasteiger partial charge on any atom is -0.473 e. The molecule has 2 saturated carbocycles. The Morgan fingerprint density at radius 1 is 1.35 bits per heavy atom. The molecule has 0 aliphatic heterocycles. The molecule has 0 radical (unpaired) electrons. The van der Waals surface area contributed by atoms with Gasteiger partial charge >= 0.3 is 0 Å². The lowest BCUT2D eigenvalue weighted by Crippen LogP contribution is -2.38. The van der Waals surface area contributed by atoms with Crippen molar-refractivity contribution >= 4 is 17.2 Å². The highest BCUT2D eigenvalue weighted by Crippen LogP contribution is 2.44. The molecular weight excluding hydrogens is 274 g/mol. The number of hydrogen-bond donors (Lipinski definition) is 2. The fraction of sp³-hybridized carbons (Fsp3) is 0.714. The third-order valence-electron chi connectivity index (χ3n) is 4.16. The molecule has 4 N–H and O–H groups in total. The van der Waals surface area contributed by atoms with Gasteiger partial charge in [0.25, 0.3) is 5.91 Å². The van der Waals surface area contributed by atoms with Gasteiger partial charge in [-0.25, -0.2) is 4.98 Å². The number of ether oxygens (including phenoxy) is 1. The zero-order valence-corrected chi connectivity index (χ0v) is 12.5. The Morgan fingerprint density at radius 3 is 2.70 bits per heavy atom. The van der Waals surface area contributed by atoms with Crippen LogP contribution in [0.1, 0.15) is 59.6 Å². The van der Waals surface area contributed by atoms with Gasteiger partial charge in [0, 0.05) is 12.0 Å². The fourth-order valence-corrected chi connectivity index (χ4v) is 3.81. The van der Waals surface area contributed by atoms with Gasteiger partial charge in [0.1, 0.15) is 11.1 Å². The van der Waals surface area contributed by atoms with Gasteiger partial charge in [-0.15, -0.1) is 11.3 Å². The number of nitrogens with two attached hydrogens (primary N) is 2. The first-order chi connectivity index (χ1) is 9.54. The molecule has 0 bridgehead atoms. The number of hydrogen-bond acceptors (Lipinski definition) is 5. The second-order valence-corrected chi connectivity index (χ2v) is 7.06. The van der Waals surface area contributed by atoms with Crippen molar-refractivity contribution in [2.45, 2.75) is 57.1 Å². The van der Waals surface area contributed by atoms with E-state index in [2.05, 4.69) is 11.9 Å². The van der Waals surface area contributed by atoms with Gasteiger partial charge in [0.2, 0.25) is 5.88 Å². The van der Waals surface area contributed by atoms with Crippen LogP contribution < -0.4 is 16.2 Å². The molecule has 2 aliphatic rings. The first-order valence-corrected chi connectivity index (χ1v) is 8.09. The minimum absolute atomic E-state index is 0.0852. The van der Waals surface area contributed by atoms with E-state index in [0.717, 1.165) is 37.1 Å². The van der Waals surface area contributed by atoms with Crippen molar-refractivity contribution in [1.82, 2.24) is 4.98 Å². The Balaban J connectivity index is 1.77. The SMILES string of the molecule is C[C@H]1C[C@@H](N)CC[C@@H]1Oc1nc(C2CC2)sc1C(N)=O. The Bertz CT molecular complexity index is 513. The summed E-state index contributed by atoms with van der Waals surface area (Å²) in [6, 6.07) is 0.262. The van der Waals surface area contributed by atoms with Crippen molar-refractivity contribution in [1.29, 1.82) is 0 Å². The highest BCUT2D eigenvalue weighted by atomic mass is 32.1. The monoisotopic (exact) mass is 295 g/mol. The van der Waals surface area contributed by atoms with Gasteiger partial charge in [0.05, 0.1) is 0 Å². The van der Waals surface area contributed by atoms with Gasteiger partial charge in [-0.3, -0.25) is 4.79 Å². The van der Waals surface area contributed by atoms with Gasteiger partial charge in [-0.1, -0.05) is 6.92 Å². The Morgan fingerprint density at radius 2 is 2.10 bits per heavy atom. The van der Waals surface area contributed by atoms with E-state index in [1.807, 2.05) is 0 Å². The average molecular weight is 295 g/mol. The molecule has 110 valence electrons. The van der Waals surface area contributed by atoms with Crippen LogP contribution in [0.4, 0.5) is 0 Å². The molecule has 2 fully saturated rings. The van der Waals surface area contributed by atoms with Crippen LogP contribution in [0.5, 0.6) is 5.88 Å². The molecule has 1 aromatic rings. The molecule has 0 aromatic carbocycles. The number of thiazole rings is 1. The summed E-state index contributed by atoms with van der Waals surface area (Å²) in [5.74, 6) is 0.888. The molecule has 0 saturated heterocycles. The topological polar surface area (TPSA) is 91.2 Å². The van der Waals surface area contributed by atoms with Crippen LogP contribution in [-0.2, 0) is 0 Å². The molecule has 20 heavy (non-hydrogen) atoms. The molecule has 0 spiro atoms. The summed E-state index contributed by atoms with van der Waals surface area (Å²) in [6.07, 6.45) is 5.22. The summed E-state index contributed by atoms with van der Waals surface area (Å²) < 4.78 is 6.01. The van der Waals surface area contributed by atoms with Gasteiger partial charge in [-0.2, -0.15) is 0 Å². The predicted molar refractivity (Wildman–Crippen MR) is 78.0 cm³/mol. The van der Waals surface area contributed by atoms with E-state index < -0.39 is 5.91 Å². The second kappa shape index (κ2) is 5.33. The Labute approximate surface area is 122 Å². The number of primary amides is 1. The van der Waals surface area contributed by atoms with Crippen molar-refractivity contribution in [2.75, 3.05) is 0 Å². The molecular formula is C14H21N3O2S. The van der Waals surface area contributed by atoms with Gasteiger partial charge in [-0.05, 0) is 38.0 Å². The molecule has 1 aromatic heterocycles. The van der Waals surface area contributed by atoms with Crippen LogP contribution in [0.3, 0.4) is 0 Å². The van der Waals surface area contributed by atoms with E-state index in [1.165, 1.54) is 11.3 Å². The number of amides is 1. The lowest BCUT2D eigenvalue weighted by Gasteiger charge is -2.32. The van der Waals surface area contributed by atoms with E-state index in [1.54, 1.807) is 0 Å². The molecule has 2 aliphatic carbocycles. The van der Waals surface area contributed by atoms with Crippen LogP contribution in [0.25, 0.3) is 0 Å². The largest absolute Gasteiger partial charge is 0.473 e. The highest BCUT2D eigenvalue weighted by Gasteiger charge is 2.33. The maximum absolute atomic E-state index is 11.5. The lowest BCUT2D eigenvalue weighted by atomic mass is 9.85.